The van der Waals surface area contributed by atoms with Gasteiger partial charge in [-0.3, -0.25) is 14.4 Å². The lowest BCUT2D eigenvalue weighted by molar-refractivity contribution is -0.167. The fourth-order valence-electron chi connectivity index (χ4n) is 7.84. The SMILES string of the molecule is CC/C=C\C/C=C\C/C=C\C/C=C\CCCCCCCCCCCCC(=O)OCC(COC(=O)CCCCCCC)OC(=O)CCCCCCCCCCCC/C=C\C/C=C\C/C=C\C/C=C\CC. The minimum absolute atomic E-state index is 0.0808. The molecule has 0 spiro atoms. The molecule has 0 aliphatic rings. The Hall–Kier alpha value is -3.67. The molecule has 0 saturated heterocycles. The molecule has 394 valence electrons. The molecular formula is C63H106O6. The van der Waals surface area contributed by atoms with Gasteiger partial charge in [0.2, 0.25) is 0 Å². The number of carbonyl (C=O) groups excluding carboxylic acids is 3. The highest BCUT2D eigenvalue weighted by molar-refractivity contribution is 5.71. The Kier molecular flexibility index (Phi) is 53.9. The Labute approximate surface area is 426 Å². The van der Waals surface area contributed by atoms with Crippen LogP contribution in [-0.4, -0.2) is 37.2 Å². The van der Waals surface area contributed by atoms with Crippen LogP contribution in [0.2, 0.25) is 0 Å². The minimum Gasteiger partial charge on any atom is -0.462 e. The van der Waals surface area contributed by atoms with Crippen molar-refractivity contribution < 1.29 is 28.6 Å². The van der Waals surface area contributed by atoms with Gasteiger partial charge in [-0.2, -0.15) is 0 Å². The standard InChI is InChI=1S/C63H106O6/c1-4-7-10-13-15-17-19-21-23-25-27-29-31-33-35-37-39-41-43-45-47-50-53-56-62(65)68-59-60(58-67-61(64)55-52-49-12-9-6-3)69-63(66)57-54-51-48-46-44-42-40-38-36-34-32-30-28-26-24-22-20-18-16-14-11-8-5-2/h7-8,10-11,15-18,21-24,27-30,60H,4-6,9,12-14,19-20,25-26,31-59H2,1-3H3/b10-7-,11-8-,17-15-,18-16-,23-21-,24-22-,29-27-,30-28-. The summed E-state index contributed by atoms with van der Waals surface area (Å²) in [5.74, 6) is -0.900. The molecule has 0 aliphatic heterocycles. The van der Waals surface area contributed by atoms with E-state index < -0.39 is 6.10 Å². The van der Waals surface area contributed by atoms with Crippen molar-refractivity contribution >= 4 is 17.9 Å². The van der Waals surface area contributed by atoms with Crippen molar-refractivity contribution in [2.45, 2.75) is 271 Å². The molecule has 0 aliphatic carbocycles. The van der Waals surface area contributed by atoms with Crippen molar-refractivity contribution in [2.24, 2.45) is 0 Å². The van der Waals surface area contributed by atoms with Crippen molar-refractivity contribution in [3.8, 4) is 0 Å². The lowest BCUT2D eigenvalue weighted by atomic mass is 10.0. The normalized spacial score (nSPS) is 12.8. The van der Waals surface area contributed by atoms with E-state index in [0.29, 0.717) is 19.3 Å². The first-order valence-corrected chi connectivity index (χ1v) is 28.7. The fourth-order valence-corrected chi connectivity index (χ4v) is 7.84. The molecule has 0 radical (unpaired) electrons. The molecule has 6 heteroatoms. The Bertz CT molecular complexity index is 1380. The van der Waals surface area contributed by atoms with Gasteiger partial charge in [0.05, 0.1) is 0 Å². The lowest BCUT2D eigenvalue weighted by Crippen LogP contribution is -2.30. The number of hydrogen-bond donors (Lipinski definition) is 0. The van der Waals surface area contributed by atoms with Crippen molar-refractivity contribution in [1.82, 2.24) is 0 Å². The molecule has 0 rings (SSSR count). The van der Waals surface area contributed by atoms with E-state index in [1.54, 1.807) is 0 Å². The average molecular weight is 960 g/mol. The first kappa shape index (κ1) is 65.3. The summed E-state index contributed by atoms with van der Waals surface area (Å²) in [5, 5.41) is 0. The quantitative estimate of drug-likeness (QED) is 0.0262. The van der Waals surface area contributed by atoms with E-state index in [4.69, 9.17) is 14.2 Å². The summed E-state index contributed by atoms with van der Waals surface area (Å²) >= 11 is 0. The molecular weight excluding hydrogens is 853 g/mol. The number of hydrogen-bond acceptors (Lipinski definition) is 6. The molecule has 6 nitrogen and oxygen atoms in total. The zero-order valence-electron chi connectivity index (χ0n) is 45.0. The van der Waals surface area contributed by atoms with Crippen molar-refractivity contribution in [3.05, 3.63) is 97.2 Å². The first-order valence-electron chi connectivity index (χ1n) is 28.7. The number of ether oxygens (including phenoxy) is 3. The zero-order chi connectivity index (χ0) is 50.0. The molecule has 1 atom stereocenters. The molecule has 0 aromatic heterocycles. The van der Waals surface area contributed by atoms with Crippen molar-refractivity contribution in [2.75, 3.05) is 13.2 Å². The number of allylic oxidation sites excluding steroid dienone is 16. The summed E-state index contributed by atoms with van der Waals surface area (Å²) in [6.07, 6.45) is 75.8. The molecule has 1 unspecified atom stereocenters. The van der Waals surface area contributed by atoms with Crippen LogP contribution in [0.15, 0.2) is 97.2 Å². The summed E-state index contributed by atoms with van der Waals surface area (Å²) in [6, 6.07) is 0. The molecule has 0 aromatic rings. The van der Waals surface area contributed by atoms with Gasteiger partial charge in [0.25, 0.3) is 0 Å². The smallest absolute Gasteiger partial charge is 0.306 e. The van der Waals surface area contributed by atoms with Gasteiger partial charge in [-0.15, -0.1) is 0 Å². The number of esters is 3. The molecule has 0 amide bonds. The van der Waals surface area contributed by atoms with Gasteiger partial charge in [-0.1, -0.05) is 246 Å². The predicted molar refractivity (Wildman–Crippen MR) is 297 cm³/mol. The summed E-state index contributed by atoms with van der Waals surface area (Å²) in [7, 11) is 0. The van der Waals surface area contributed by atoms with E-state index in [9.17, 15) is 14.4 Å². The van der Waals surface area contributed by atoms with Gasteiger partial charge in [0, 0.05) is 19.3 Å². The van der Waals surface area contributed by atoms with Crippen LogP contribution in [0.25, 0.3) is 0 Å². The molecule has 0 saturated carbocycles. The summed E-state index contributed by atoms with van der Waals surface area (Å²) < 4.78 is 16.7. The molecule has 0 N–H and O–H groups in total. The highest BCUT2D eigenvalue weighted by Gasteiger charge is 2.19. The highest BCUT2D eigenvalue weighted by Crippen LogP contribution is 2.15. The topological polar surface area (TPSA) is 78.9 Å². The van der Waals surface area contributed by atoms with Crippen LogP contribution in [0.3, 0.4) is 0 Å². The van der Waals surface area contributed by atoms with Gasteiger partial charge < -0.3 is 14.2 Å². The van der Waals surface area contributed by atoms with E-state index in [1.807, 2.05) is 0 Å². The number of rotatable bonds is 51. The lowest BCUT2D eigenvalue weighted by Gasteiger charge is -2.18. The van der Waals surface area contributed by atoms with Crippen LogP contribution in [0.4, 0.5) is 0 Å². The van der Waals surface area contributed by atoms with Crippen LogP contribution in [0, 0.1) is 0 Å². The summed E-state index contributed by atoms with van der Waals surface area (Å²) in [6.45, 7) is 6.33. The van der Waals surface area contributed by atoms with Gasteiger partial charge in [-0.05, 0) is 96.3 Å². The molecule has 0 bridgehead atoms. The third-order valence-corrected chi connectivity index (χ3v) is 12.1. The third-order valence-electron chi connectivity index (χ3n) is 12.1. The van der Waals surface area contributed by atoms with Gasteiger partial charge in [-0.25, -0.2) is 0 Å². The van der Waals surface area contributed by atoms with Gasteiger partial charge >= 0.3 is 17.9 Å². The van der Waals surface area contributed by atoms with E-state index >= 15 is 0 Å². The third kappa shape index (κ3) is 55.1. The second kappa shape index (κ2) is 56.9. The highest BCUT2D eigenvalue weighted by atomic mass is 16.6. The molecule has 69 heavy (non-hydrogen) atoms. The monoisotopic (exact) mass is 959 g/mol. The zero-order valence-corrected chi connectivity index (χ0v) is 45.0. The molecule has 0 heterocycles. The van der Waals surface area contributed by atoms with Crippen molar-refractivity contribution in [1.29, 1.82) is 0 Å². The maximum Gasteiger partial charge on any atom is 0.306 e. The number of unbranched alkanes of at least 4 members (excludes halogenated alkanes) is 24. The van der Waals surface area contributed by atoms with Crippen LogP contribution in [0.1, 0.15) is 265 Å². The molecule has 0 aromatic carbocycles. The van der Waals surface area contributed by atoms with E-state index in [0.717, 1.165) is 116 Å². The van der Waals surface area contributed by atoms with Crippen LogP contribution in [-0.2, 0) is 28.6 Å². The van der Waals surface area contributed by atoms with Crippen LogP contribution >= 0.6 is 0 Å². The van der Waals surface area contributed by atoms with Crippen LogP contribution in [0.5, 0.6) is 0 Å². The number of carbonyl (C=O) groups is 3. The average Bonchev–Trinajstić information content (AvgIpc) is 3.35. The Morgan fingerprint density at radius 3 is 0.884 bits per heavy atom. The first-order chi connectivity index (χ1) is 34.0. The maximum absolute atomic E-state index is 12.8. The largest absolute Gasteiger partial charge is 0.462 e. The Morgan fingerprint density at radius 2 is 0.565 bits per heavy atom. The minimum atomic E-state index is -0.779. The van der Waals surface area contributed by atoms with E-state index in [-0.39, 0.29) is 31.1 Å². The molecule has 0 fully saturated rings. The van der Waals surface area contributed by atoms with Gasteiger partial charge in [0.1, 0.15) is 13.2 Å². The second-order valence-corrected chi connectivity index (χ2v) is 18.8. The van der Waals surface area contributed by atoms with Crippen molar-refractivity contribution in [3.63, 3.8) is 0 Å². The predicted octanol–water partition coefficient (Wildman–Crippen LogP) is 19.3. The van der Waals surface area contributed by atoms with E-state index in [1.165, 1.54) is 109 Å². The Morgan fingerprint density at radius 1 is 0.304 bits per heavy atom. The second-order valence-electron chi connectivity index (χ2n) is 18.8. The summed E-state index contributed by atoms with van der Waals surface area (Å²) in [5.41, 5.74) is 0. The van der Waals surface area contributed by atoms with Gasteiger partial charge in [0.15, 0.2) is 6.10 Å². The summed E-state index contributed by atoms with van der Waals surface area (Å²) in [4.78, 5) is 37.8. The van der Waals surface area contributed by atoms with E-state index in [2.05, 4.69) is 118 Å². The fraction of sp³-hybridized carbons (Fsp3) is 0.698. The maximum atomic E-state index is 12.8. The van der Waals surface area contributed by atoms with Crippen LogP contribution < -0.4 is 0 Å². The Balaban J connectivity index is 4.12.